The topological polar surface area (TPSA) is 175 Å². The maximum atomic E-state index is 13.0. The van der Waals surface area contributed by atoms with Crippen molar-refractivity contribution < 1.29 is 49.3 Å². The van der Waals surface area contributed by atoms with Gasteiger partial charge < -0.3 is 45.1 Å². The van der Waals surface area contributed by atoms with Gasteiger partial charge in [-0.2, -0.15) is 0 Å². The van der Waals surface area contributed by atoms with E-state index in [-0.39, 0.29) is 18.5 Å². The molecule has 1 heterocycles. The quantitative estimate of drug-likeness (QED) is 0.0195. The molecule has 11 nitrogen and oxygen atoms in total. The van der Waals surface area contributed by atoms with Crippen LogP contribution in [0.2, 0.25) is 0 Å². The number of rotatable bonds is 68. The molecule has 0 aromatic heterocycles. The SMILES string of the molecule is CCCCC/C=C/CC/C=C/C(O)C(COC1OC(CO)C(O)C(O)C1O)NC(=O)CCCCCCCCCCCCCCCCCCC/C=C\C/C=C\CCCCCCCCCCCCCCCCCOC(=O)CCCCCCCCCCCCCCC. The molecule has 0 radical (unpaired) electrons. The fourth-order valence-corrected chi connectivity index (χ4v) is 12.1. The van der Waals surface area contributed by atoms with E-state index in [4.69, 9.17) is 14.2 Å². The number of unbranched alkanes of at least 4 members (excludes halogenated alkanes) is 48. The third-order valence-corrected chi connectivity index (χ3v) is 18.2. The van der Waals surface area contributed by atoms with Gasteiger partial charge in [0.15, 0.2) is 6.29 Å². The Morgan fingerprint density at radius 2 is 0.764 bits per heavy atom. The normalized spacial score (nSPS) is 17.9. The van der Waals surface area contributed by atoms with Gasteiger partial charge in [0.1, 0.15) is 24.4 Å². The predicted octanol–water partition coefficient (Wildman–Crippen LogP) is 20.3. The third kappa shape index (κ3) is 55.8. The van der Waals surface area contributed by atoms with Crippen molar-refractivity contribution >= 4 is 11.9 Å². The van der Waals surface area contributed by atoms with E-state index in [9.17, 15) is 35.1 Å². The van der Waals surface area contributed by atoms with Gasteiger partial charge in [-0.25, -0.2) is 0 Å². The molecule has 1 amide bonds. The van der Waals surface area contributed by atoms with Crippen LogP contribution in [0.25, 0.3) is 0 Å². The third-order valence-electron chi connectivity index (χ3n) is 18.2. The number of allylic oxidation sites excluding steroid dienone is 7. The highest BCUT2D eigenvalue weighted by Crippen LogP contribution is 2.24. The van der Waals surface area contributed by atoms with E-state index in [1.165, 1.54) is 289 Å². The van der Waals surface area contributed by atoms with Crippen LogP contribution in [0.1, 0.15) is 373 Å². The van der Waals surface area contributed by atoms with E-state index >= 15 is 0 Å². The molecule has 1 aliphatic heterocycles. The average Bonchev–Trinajstić information content (AvgIpc) is 1.84. The first-order chi connectivity index (χ1) is 43.7. The number of hydrogen-bond acceptors (Lipinski definition) is 10. The first kappa shape index (κ1) is 84.6. The Morgan fingerprint density at radius 3 is 1.20 bits per heavy atom. The summed E-state index contributed by atoms with van der Waals surface area (Å²) in [4.78, 5) is 25.1. The van der Waals surface area contributed by atoms with Crippen molar-refractivity contribution in [1.82, 2.24) is 5.32 Å². The molecule has 6 N–H and O–H groups in total. The van der Waals surface area contributed by atoms with Crippen LogP contribution in [0.4, 0.5) is 0 Å². The summed E-state index contributed by atoms with van der Waals surface area (Å²) in [5.41, 5.74) is 0. The zero-order chi connectivity index (χ0) is 64.4. The van der Waals surface area contributed by atoms with Crippen LogP contribution in [0, 0.1) is 0 Å². The van der Waals surface area contributed by atoms with Gasteiger partial charge >= 0.3 is 5.97 Å². The van der Waals surface area contributed by atoms with Crippen molar-refractivity contribution in [2.45, 2.75) is 416 Å². The van der Waals surface area contributed by atoms with Crippen LogP contribution in [-0.2, 0) is 23.8 Å². The molecule has 7 atom stereocenters. The van der Waals surface area contributed by atoms with Crippen LogP contribution in [0.5, 0.6) is 0 Å². The second-order valence-electron chi connectivity index (χ2n) is 26.7. The Kier molecular flexibility index (Phi) is 63.8. The number of carbonyl (C=O) groups excluding carboxylic acids is 2. The number of aliphatic hydroxyl groups is 5. The maximum absolute atomic E-state index is 13.0. The molecular formula is C78H145NO10. The molecular weight excluding hydrogens is 1110 g/mol. The van der Waals surface area contributed by atoms with Gasteiger partial charge in [-0.05, 0) is 77.0 Å². The number of hydrogen-bond donors (Lipinski definition) is 6. The lowest BCUT2D eigenvalue weighted by Crippen LogP contribution is -2.60. The molecule has 1 saturated heterocycles. The minimum Gasteiger partial charge on any atom is -0.466 e. The molecule has 0 saturated carbocycles. The van der Waals surface area contributed by atoms with E-state index < -0.39 is 49.5 Å². The lowest BCUT2D eigenvalue weighted by atomic mass is 9.99. The second-order valence-corrected chi connectivity index (χ2v) is 26.7. The van der Waals surface area contributed by atoms with E-state index in [0.29, 0.717) is 19.4 Å². The van der Waals surface area contributed by atoms with E-state index in [1.54, 1.807) is 6.08 Å². The van der Waals surface area contributed by atoms with E-state index in [0.717, 1.165) is 57.8 Å². The standard InChI is InChI=1S/C78H145NO10/c1-3-5-7-9-11-13-14-42-46-50-54-58-62-66-74(83)87-67-63-59-55-51-47-44-41-39-37-35-33-31-29-27-25-23-21-19-17-15-16-18-20-22-24-26-28-30-32-34-36-38-40-43-45-49-53-57-61-65-73(82)79-70(71(81)64-60-56-52-48-12-10-8-6-4-2)69-88-78-77(86)76(85)75(84)72(68-80)89-78/h12,15-16,19,21,48,60,64,70-72,75-78,80-81,84-86H,3-11,13-14,17-18,20,22-47,49-59,61-63,65-69H2,1-2H3,(H,79,82)/b16-15-,21-19-,48-12+,64-60+. The van der Waals surface area contributed by atoms with Gasteiger partial charge in [0.2, 0.25) is 5.91 Å². The number of aliphatic hydroxyl groups excluding tert-OH is 5. The minimum absolute atomic E-state index is 0.0162. The Labute approximate surface area is 548 Å². The van der Waals surface area contributed by atoms with Crippen molar-refractivity contribution in [2.24, 2.45) is 0 Å². The van der Waals surface area contributed by atoms with Gasteiger partial charge in [-0.1, -0.05) is 332 Å². The second kappa shape index (κ2) is 67.1. The Hall–Kier alpha value is -2.38. The molecule has 0 aliphatic carbocycles. The lowest BCUT2D eigenvalue weighted by molar-refractivity contribution is -0.302. The number of ether oxygens (including phenoxy) is 3. The van der Waals surface area contributed by atoms with Crippen molar-refractivity contribution in [3.8, 4) is 0 Å². The van der Waals surface area contributed by atoms with Gasteiger partial charge in [0.05, 0.1) is 32.0 Å². The summed E-state index contributed by atoms with van der Waals surface area (Å²) in [6.07, 6.45) is 78.8. The summed E-state index contributed by atoms with van der Waals surface area (Å²) in [6.45, 7) is 4.32. The summed E-state index contributed by atoms with van der Waals surface area (Å²) in [6, 6.07) is -0.824. The van der Waals surface area contributed by atoms with E-state index in [1.807, 2.05) is 6.08 Å². The Morgan fingerprint density at radius 1 is 0.416 bits per heavy atom. The van der Waals surface area contributed by atoms with Gasteiger partial charge in [0.25, 0.3) is 0 Å². The number of esters is 1. The fraction of sp³-hybridized carbons (Fsp3) is 0.872. The first-order valence-corrected chi connectivity index (χ1v) is 38.4. The number of nitrogens with one attached hydrogen (secondary N) is 1. The summed E-state index contributed by atoms with van der Waals surface area (Å²) < 4.78 is 16.7. The smallest absolute Gasteiger partial charge is 0.305 e. The van der Waals surface area contributed by atoms with Crippen LogP contribution in [-0.4, -0.2) is 100 Å². The summed E-state index contributed by atoms with van der Waals surface area (Å²) >= 11 is 0. The van der Waals surface area contributed by atoms with Crippen molar-refractivity contribution in [3.05, 3.63) is 48.6 Å². The van der Waals surface area contributed by atoms with Crippen molar-refractivity contribution in [1.29, 1.82) is 0 Å². The molecule has 1 fully saturated rings. The zero-order valence-electron chi connectivity index (χ0n) is 58.2. The average molecular weight is 1260 g/mol. The molecule has 0 bridgehead atoms. The highest BCUT2D eigenvalue weighted by molar-refractivity contribution is 5.76. The van der Waals surface area contributed by atoms with Crippen molar-refractivity contribution in [3.63, 3.8) is 0 Å². The lowest BCUT2D eigenvalue weighted by Gasteiger charge is -2.40. The Bertz CT molecular complexity index is 1620. The van der Waals surface area contributed by atoms with Crippen LogP contribution < -0.4 is 5.32 Å². The molecule has 0 aromatic carbocycles. The van der Waals surface area contributed by atoms with Gasteiger partial charge in [-0.15, -0.1) is 0 Å². The molecule has 0 aromatic rings. The molecule has 7 unspecified atom stereocenters. The zero-order valence-corrected chi connectivity index (χ0v) is 58.2. The summed E-state index contributed by atoms with van der Waals surface area (Å²) in [5.74, 6) is -0.174. The van der Waals surface area contributed by atoms with Crippen LogP contribution >= 0.6 is 0 Å². The largest absolute Gasteiger partial charge is 0.466 e. The van der Waals surface area contributed by atoms with Crippen molar-refractivity contribution in [2.75, 3.05) is 19.8 Å². The van der Waals surface area contributed by atoms with E-state index in [2.05, 4.69) is 55.6 Å². The molecule has 0 spiro atoms. The molecule has 522 valence electrons. The van der Waals surface area contributed by atoms with Crippen LogP contribution in [0.3, 0.4) is 0 Å². The highest BCUT2D eigenvalue weighted by Gasteiger charge is 2.44. The summed E-state index contributed by atoms with van der Waals surface area (Å²) in [5, 5.41) is 54.3. The summed E-state index contributed by atoms with van der Waals surface area (Å²) in [7, 11) is 0. The van der Waals surface area contributed by atoms with Gasteiger partial charge in [-0.3, -0.25) is 9.59 Å². The fourth-order valence-electron chi connectivity index (χ4n) is 12.1. The molecule has 1 rings (SSSR count). The molecule has 11 heteroatoms. The minimum atomic E-state index is -1.57. The molecule has 1 aliphatic rings. The number of carbonyl (C=O) groups is 2. The van der Waals surface area contributed by atoms with Gasteiger partial charge in [0, 0.05) is 12.8 Å². The van der Waals surface area contributed by atoms with Crippen LogP contribution in [0.15, 0.2) is 48.6 Å². The number of amides is 1. The first-order valence-electron chi connectivity index (χ1n) is 38.4. The Balaban J connectivity index is 1.87. The monoisotopic (exact) mass is 1260 g/mol. The molecule has 89 heavy (non-hydrogen) atoms. The maximum Gasteiger partial charge on any atom is 0.305 e. The highest BCUT2D eigenvalue weighted by atomic mass is 16.7. The predicted molar refractivity (Wildman–Crippen MR) is 375 cm³/mol.